The van der Waals surface area contributed by atoms with Crippen LogP contribution in [0.3, 0.4) is 0 Å². The standard InChI is InChI=1S/C12H20O5/c1-2-3-4-5-7-17-8-6-10(12(15)16)9-11(13)14/h9H,2-8H2,1H3,(H,13,14)(H,15,16)/b10-9-. The second kappa shape index (κ2) is 9.84. The van der Waals surface area contributed by atoms with Gasteiger partial charge in [-0.3, -0.25) is 0 Å². The van der Waals surface area contributed by atoms with E-state index in [2.05, 4.69) is 6.92 Å². The molecule has 0 aliphatic rings. The van der Waals surface area contributed by atoms with E-state index in [1.165, 1.54) is 6.42 Å². The van der Waals surface area contributed by atoms with E-state index >= 15 is 0 Å². The van der Waals surface area contributed by atoms with E-state index in [4.69, 9.17) is 14.9 Å². The zero-order valence-electron chi connectivity index (χ0n) is 10.1. The van der Waals surface area contributed by atoms with Gasteiger partial charge in [-0.15, -0.1) is 0 Å². The molecule has 0 unspecified atom stereocenters. The Morgan fingerprint density at radius 3 is 2.35 bits per heavy atom. The van der Waals surface area contributed by atoms with Crippen molar-refractivity contribution in [3.63, 3.8) is 0 Å². The average molecular weight is 244 g/mol. The van der Waals surface area contributed by atoms with Crippen molar-refractivity contribution < 1.29 is 24.5 Å². The Kier molecular flexibility index (Phi) is 9.05. The minimum Gasteiger partial charge on any atom is -0.478 e. The zero-order valence-corrected chi connectivity index (χ0v) is 10.1. The van der Waals surface area contributed by atoms with Crippen LogP contribution in [0.25, 0.3) is 0 Å². The van der Waals surface area contributed by atoms with Crippen molar-refractivity contribution in [1.82, 2.24) is 0 Å². The summed E-state index contributed by atoms with van der Waals surface area (Å²) in [7, 11) is 0. The first kappa shape index (κ1) is 15.6. The molecule has 17 heavy (non-hydrogen) atoms. The predicted molar refractivity (Wildman–Crippen MR) is 62.9 cm³/mol. The van der Waals surface area contributed by atoms with Gasteiger partial charge in [0.25, 0.3) is 0 Å². The largest absolute Gasteiger partial charge is 0.478 e. The van der Waals surface area contributed by atoms with Crippen LogP contribution in [-0.4, -0.2) is 35.4 Å². The number of rotatable bonds is 10. The van der Waals surface area contributed by atoms with Crippen LogP contribution in [0.5, 0.6) is 0 Å². The molecule has 98 valence electrons. The predicted octanol–water partition coefficient (Wildman–Crippen LogP) is 2.07. The van der Waals surface area contributed by atoms with Gasteiger partial charge in [-0.25, -0.2) is 9.59 Å². The highest BCUT2D eigenvalue weighted by molar-refractivity contribution is 5.94. The molecule has 0 saturated carbocycles. The van der Waals surface area contributed by atoms with E-state index in [1.54, 1.807) is 0 Å². The molecule has 0 aromatic heterocycles. The van der Waals surface area contributed by atoms with Crippen LogP contribution in [0.15, 0.2) is 11.6 Å². The summed E-state index contributed by atoms with van der Waals surface area (Å²) in [5.41, 5.74) is -0.133. The lowest BCUT2D eigenvalue weighted by Gasteiger charge is -2.04. The number of carboxylic acid groups (broad SMARTS) is 2. The third kappa shape index (κ3) is 9.56. The van der Waals surface area contributed by atoms with Crippen LogP contribution in [0.1, 0.15) is 39.0 Å². The molecule has 0 bridgehead atoms. The van der Waals surface area contributed by atoms with Gasteiger partial charge in [-0.2, -0.15) is 0 Å². The van der Waals surface area contributed by atoms with Crippen molar-refractivity contribution in [3.8, 4) is 0 Å². The summed E-state index contributed by atoms with van der Waals surface area (Å²) >= 11 is 0. The number of unbranched alkanes of at least 4 members (excludes halogenated alkanes) is 3. The molecule has 0 saturated heterocycles. The first-order valence-corrected chi connectivity index (χ1v) is 5.82. The van der Waals surface area contributed by atoms with E-state index in [9.17, 15) is 9.59 Å². The van der Waals surface area contributed by atoms with Crippen LogP contribution in [0.4, 0.5) is 0 Å². The van der Waals surface area contributed by atoms with Gasteiger partial charge in [0.2, 0.25) is 0 Å². The van der Waals surface area contributed by atoms with Gasteiger partial charge in [0.15, 0.2) is 0 Å². The monoisotopic (exact) mass is 244 g/mol. The van der Waals surface area contributed by atoms with E-state index in [0.717, 1.165) is 19.3 Å². The van der Waals surface area contributed by atoms with Gasteiger partial charge in [0.1, 0.15) is 0 Å². The van der Waals surface area contributed by atoms with Crippen LogP contribution in [-0.2, 0) is 14.3 Å². The van der Waals surface area contributed by atoms with Crippen molar-refractivity contribution >= 4 is 11.9 Å². The highest BCUT2D eigenvalue weighted by Crippen LogP contribution is 2.04. The molecule has 0 aliphatic heterocycles. The summed E-state index contributed by atoms with van der Waals surface area (Å²) in [6, 6.07) is 0. The maximum atomic E-state index is 10.7. The molecular weight excluding hydrogens is 224 g/mol. The van der Waals surface area contributed by atoms with Crippen LogP contribution in [0, 0.1) is 0 Å². The molecule has 0 heterocycles. The molecule has 5 heteroatoms. The SMILES string of the molecule is CCCCCCOCC/C(=C/C(=O)O)C(=O)O. The second-order valence-corrected chi connectivity index (χ2v) is 3.74. The number of aliphatic carboxylic acids is 2. The Morgan fingerprint density at radius 2 is 1.82 bits per heavy atom. The minimum atomic E-state index is -1.25. The number of hydrogen-bond acceptors (Lipinski definition) is 3. The second-order valence-electron chi connectivity index (χ2n) is 3.74. The highest BCUT2D eigenvalue weighted by atomic mass is 16.5. The molecule has 5 nitrogen and oxygen atoms in total. The van der Waals surface area contributed by atoms with E-state index < -0.39 is 11.9 Å². The fraction of sp³-hybridized carbons (Fsp3) is 0.667. The summed E-state index contributed by atoms with van der Waals surface area (Å²) in [4.78, 5) is 21.0. The molecule has 0 rings (SSSR count). The fourth-order valence-corrected chi connectivity index (χ4v) is 1.30. The smallest absolute Gasteiger partial charge is 0.331 e. The third-order valence-electron chi connectivity index (χ3n) is 2.23. The molecule has 0 atom stereocenters. The van der Waals surface area contributed by atoms with Gasteiger partial charge in [-0.1, -0.05) is 26.2 Å². The summed E-state index contributed by atoms with van der Waals surface area (Å²) in [5.74, 6) is -2.45. The maximum Gasteiger partial charge on any atom is 0.331 e. The van der Waals surface area contributed by atoms with Gasteiger partial charge in [-0.05, 0) is 6.42 Å². The Bertz CT molecular complexity index is 270. The molecular formula is C12H20O5. The fourth-order valence-electron chi connectivity index (χ4n) is 1.30. The normalized spacial score (nSPS) is 11.5. The average Bonchev–Trinajstić information content (AvgIpc) is 2.25. The van der Waals surface area contributed by atoms with Gasteiger partial charge in [0.05, 0.1) is 6.61 Å². The van der Waals surface area contributed by atoms with E-state index in [0.29, 0.717) is 12.7 Å². The lowest BCUT2D eigenvalue weighted by atomic mass is 10.2. The van der Waals surface area contributed by atoms with Crippen molar-refractivity contribution in [2.24, 2.45) is 0 Å². The number of ether oxygens (including phenoxy) is 1. The Hall–Kier alpha value is -1.36. The number of carboxylic acids is 2. The molecule has 0 radical (unpaired) electrons. The third-order valence-corrected chi connectivity index (χ3v) is 2.23. The molecule has 0 aliphatic carbocycles. The minimum absolute atomic E-state index is 0.120. The van der Waals surface area contributed by atoms with Crippen LogP contribution >= 0.6 is 0 Å². The van der Waals surface area contributed by atoms with Crippen molar-refractivity contribution in [3.05, 3.63) is 11.6 Å². The summed E-state index contributed by atoms with van der Waals surface area (Å²) < 4.78 is 5.25. The van der Waals surface area contributed by atoms with Crippen LogP contribution in [0.2, 0.25) is 0 Å². The van der Waals surface area contributed by atoms with Gasteiger partial charge < -0.3 is 14.9 Å². The van der Waals surface area contributed by atoms with Gasteiger partial charge >= 0.3 is 11.9 Å². The summed E-state index contributed by atoms with van der Waals surface area (Å²) in [6.07, 6.45) is 5.22. The van der Waals surface area contributed by atoms with Crippen molar-refractivity contribution in [2.45, 2.75) is 39.0 Å². The molecule has 0 amide bonds. The molecule has 0 fully saturated rings. The summed E-state index contributed by atoms with van der Waals surface area (Å²) in [5, 5.41) is 17.2. The van der Waals surface area contributed by atoms with E-state index in [1.807, 2.05) is 0 Å². The number of carbonyl (C=O) groups is 2. The maximum absolute atomic E-state index is 10.7. The first-order valence-electron chi connectivity index (χ1n) is 5.82. The lowest BCUT2D eigenvalue weighted by molar-refractivity contribution is -0.135. The Morgan fingerprint density at radius 1 is 1.12 bits per heavy atom. The Labute approximate surface area is 101 Å². The Balaban J connectivity index is 3.70. The molecule has 2 N–H and O–H groups in total. The molecule has 0 spiro atoms. The molecule has 0 aromatic carbocycles. The summed E-state index contributed by atoms with van der Waals surface area (Å²) in [6.45, 7) is 2.97. The quantitative estimate of drug-likeness (QED) is 0.454. The lowest BCUT2D eigenvalue weighted by Crippen LogP contribution is -2.07. The number of hydrogen-bond donors (Lipinski definition) is 2. The van der Waals surface area contributed by atoms with Crippen molar-refractivity contribution in [2.75, 3.05) is 13.2 Å². The van der Waals surface area contributed by atoms with E-state index in [-0.39, 0.29) is 18.6 Å². The zero-order chi connectivity index (χ0) is 13.1. The first-order chi connectivity index (χ1) is 8.07. The van der Waals surface area contributed by atoms with Crippen LogP contribution < -0.4 is 0 Å². The highest BCUT2D eigenvalue weighted by Gasteiger charge is 2.08. The van der Waals surface area contributed by atoms with Gasteiger partial charge in [0, 0.05) is 24.7 Å². The van der Waals surface area contributed by atoms with Crippen molar-refractivity contribution in [1.29, 1.82) is 0 Å². The topological polar surface area (TPSA) is 83.8 Å². The molecule has 0 aromatic rings.